The Hall–Kier alpha value is -6.09. The van der Waals surface area contributed by atoms with Crippen molar-refractivity contribution >= 4 is 59.7 Å². The Labute approximate surface area is 318 Å². The number of nitrogens with zero attached hydrogens (tertiary/aromatic N) is 1. The molecule has 1 fully saturated rings. The van der Waals surface area contributed by atoms with Gasteiger partial charge in [0, 0.05) is 75.1 Å². The molecule has 0 aliphatic carbocycles. The van der Waals surface area contributed by atoms with Crippen molar-refractivity contribution in [1.29, 1.82) is 0 Å². The van der Waals surface area contributed by atoms with E-state index in [1.54, 1.807) is 13.0 Å². The lowest BCUT2D eigenvalue weighted by molar-refractivity contribution is -0.139. The zero-order chi connectivity index (χ0) is 40.3. The summed E-state index contributed by atoms with van der Waals surface area (Å²) in [5.41, 5.74) is 20.0. The number of aliphatic carboxylic acids is 2. The number of aliphatic imine (C=N–C) groups is 1. The van der Waals surface area contributed by atoms with Crippen LogP contribution in [0.2, 0.25) is 0 Å². The molecule has 0 radical (unpaired) electrons. The van der Waals surface area contributed by atoms with Gasteiger partial charge in [0.05, 0.1) is 17.7 Å². The van der Waals surface area contributed by atoms with Crippen LogP contribution in [0, 0.1) is 32.6 Å². The highest BCUT2D eigenvalue weighted by molar-refractivity contribution is 6.03. The number of rotatable bonds is 13. The molecule has 5 heterocycles. The molecule has 3 aromatic heterocycles. The molecule has 0 spiro atoms. The topological polar surface area (TPSA) is 265 Å². The number of aromatic nitrogens is 3. The molecular weight excluding hydrogens is 704 g/mol. The van der Waals surface area contributed by atoms with Gasteiger partial charge in [-0.1, -0.05) is 26.5 Å². The number of aromatic carboxylic acids is 1. The van der Waals surface area contributed by atoms with Gasteiger partial charge < -0.3 is 47.1 Å². The van der Waals surface area contributed by atoms with Gasteiger partial charge in [-0.3, -0.25) is 24.7 Å². The summed E-state index contributed by atoms with van der Waals surface area (Å²) in [7, 11) is 0. The number of amides is 1. The number of carboxylic acids is 3. The van der Waals surface area contributed by atoms with Crippen LogP contribution in [0.4, 0.5) is 0 Å². The molecule has 3 aromatic rings. The SMILES string of the molecule is C=Cc1c2[nH]c(c1C)C=C1NC(=C(CC(=O)NC(N)=NCCC[C@H](N)C(=O)O)c3[nH]c(c(C)c3C(=O)O)C=c3[nH]c(c(C)c3CC)=C2)[C@@H](CCC(=O)O)[C@@H]1C. The van der Waals surface area contributed by atoms with Gasteiger partial charge in [0.1, 0.15) is 6.04 Å². The average molecular weight is 755 g/mol. The van der Waals surface area contributed by atoms with Crippen LogP contribution in [0.25, 0.3) is 29.9 Å². The lowest BCUT2D eigenvalue weighted by Crippen LogP contribution is -2.37. The molecule has 15 nitrogen and oxygen atoms in total. The Morgan fingerprint density at radius 1 is 0.982 bits per heavy atom. The third kappa shape index (κ3) is 8.36. The molecule has 292 valence electrons. The predicted octanol–water partition coefficient (Wildman–Crippen LogP) is 2.96. The number of guanidine groups is 1. The molecule has 15 heteroatoms. The van der Waals surface area contributed by atoms with Gasteiger partial charge in [-0.05, 0) is 86.9 Å². The maximum atomic E-state index is 13.8. The molecule has 2 aliphatic heterocycles. The van der Waals surface area contributed by atoms with E-state index in [1.807, 2.05) is 39.0 Å². The van der Waals surface area contributed by atoms with E-state index in [0.717, 1.165) is 50.0 Å². The Balaban J connectivity index is 1.75. The number of nitrogens with one attached hydrogen (secondary N) is 5. The normalized spacial score (nSPS) is 17.1. The Morgan fingerprint density at radius 3 is 2.31 bits per heavy atom. The smallest absolute Gasteiger partial charge is 0.338 e. The minimum atomic E-state index is -1.21. The Bertz CT molecular complexity index is 2280. The van der Waals surface area contributed by atoms with Crippen LogP contribution in [0.3, 0.4) is 0 Å². The van der Waals surface area contributed by atoms with Gasteiger partial charge in [0.15, 0.2) is 5.96 Å². The van der Waals surface area contributed by atoms with Crippen molar-refractivity contribution in [2.75, 3.05) is 6.54 Å². The van der Waals surface area contributed by atoms with Crippen molar-refractivity contribution in [1.82, 2.24) is 25.6 Å². The molecule has 55 heavy (non-hydrogen) atoms. The van der Waals surface area contributed by atoms with E-state index in [2.05, 4.69) is 44.1 Å². The second kappa shape index (κ2) is 16.5. The van der Waals surface area contributed by atoms with Gasteiger partial charge in [0.2, 0.25) is 5.91 Å². The van der Waals surface area contributed by atoms with Gasteiger partial charge in [-0.15, -0.1) is 0 Å². The molecule has 5 rings (SSSR count). The summed E-state index contributed by atoms with van der Waals surface area (Å²) in [6.07, 6.45) is 8.57. The lowest BCUT2D eigenvalue weighted by Gasteiger charge is -2.19. The fourth-order valence-corrected chi connectivity index (χ4v) is 7.58. The van der Waals surface area contributed by atoms with Gasteiger partial charge >= 0.3 is 17.9 Å². The Morgan fingerprint density at radius 2 is 1.67 bits per heavy atom. The summed E-state index contributed by atoms with van der Waals surface area (Å²) < 4.78 is 0. The first-order valence-corrected chi connectivity index (χ1v) is 18.3. The largest absolute Gasteiger partial charge is 0.481 e. The summed E-state index contributed by atoms with van der Waals surface area (Å²) in [5, 5.41) is 37.2. The molecule has 3 atom stereocenters. The van der Waals surface area contributed by atoms with Gasteiger partial charge in [-0.25, -0.2) is 4.79 Å². The molecule has 8 bridgehead atoms. The van der Waals surface area contributed by atoms with Crippen LogP contribution in [-0.4, -0.2) is 72.6 Å². The van der Waals surface area contributed by atoms with Crippen LogP contribution in [-0.2, 0) is 20.8 Å². The number of carbonyl (C=O) groups excluding carboxylic acids is 1. The molecule has 1 saturated heterocycles. The molecule has 0 aromatic carbocycles. The maximum absolute atomic E-state index is 13.8. The second-order valence-electron chi connectivity index (χ2n) is 14.1. The van der Waals surface area contributed by atoms with Gasteiger partial charge in [0.25, 0.3) is 0 Å². The molecular formula is C40H50N8O7. The van der Waals surface area contributed by atoms with E-state index in [9.17, 15) is 29.4 Å². The second-order valence-corrected chi connectivity index (χ2v) is 14.1. The number of hydrogen-bond donors (Lipinski definition) is 10. The van der Waals surface area contributed by atoms with Crippen molar-refractivity contribution in [3.8, 4) is 0 Å². The zero-order valence-corrected chi connectivity index (χ0v) is 31.8. The molecule has 0 unspecified atom stereocenters. The van der Waals surface area contributed by atoms with Crippen molar-refractivity contribution in [3.05, 3.63) is 84.8 Å². The van der Waals surface area contributed by atoms with E-state index >= 15 is 0 Å². The van der Waals surface area contributed by atoms with E-state index in [0.29, 0.717) is 35.4 Å². The number of carbonyl (C=O) groups is 4. The summed E-state index contributed by atoms with van der Waals surface area (Å²) in [4.78, 5) is 64.4. The van der Waals surface area contributed by atoms with Crippen molar-refractivity contribution in [2.24, 2.45) is 28.3 Å². The minimum absolute atomic E-state index is 0.0284. The molecule has 0 saturated carbocycles. The first kappa shape index (κ1) is 40.1. The first-order valence-electron chi connectivity index (χ1n) is 18.3. The number of H-pyrrole nitrogens is 3. The van der Waals surface area contributed by atoms with E-state index in [4.69, 9.17) is 16.6 Å². The van der Waals surface area contributed by atoms with E-state index in [-0.39, 0.29) is 55.4 Å². The highest BCUT2D eigenvalue weighted by Crippen LogP contribution is 2.43. The van der Waals surface area contributed by atoms with Gasteiger partial charge in [-0.2, -0.15) is 0 Å². The van der Waals surface area contributed by atoms with Crippen LogP contribution in [0.5, 0.6) is 0 Å². The monoisotopic (exact) mass is 754 g/mol. The summed E-state index contributed by atoms with van der Waals surface area (Å²) >= 11 is 0. The molecule has 1 amide bonds. The number of allylic oxidation sites excluding steroid dienone is 2. The number of carboxylic acid groups (broad SMARTS) is 3. The summed E-state index contributed by atoms with van der Waals surface area (Å²) in [5.74, 6) is -4.81. The zero-order valence-electron chi connectivity index (χ0n) is 31.8. The maximum Gasteiger partial charge on any atom is 0.338 e. The lowest BCUT2D eigenvalue weighted by atomic mass is 9.85. The fraction of sp³-hybridized carbons (Fsp3) is 0.375. The van der Waals surface area contributed by atoms with Crippen molar-refractivity contribution in [3.63, 3.8) is 0 Å². The third-order valence-corrected chi connectivity index (χ3v) is 10.7. The minimum Gasteiger partial charge on any atom is -0.481 e. The standard InChI is InChI=1S/C40H50N8O7/c1-7-22-18(3)27-15-29-20(5)24(11-12-34(50)51)36(46-29)25(14-33(49)48-40(42)43-13-9-10-26(41)38(52)53)37-35(39(54)55)21(6)30(47-37)17-32-23(8-2)19(4)28(45-32)16-31(22)44-27/h7,15-17,20,24,26,44-47H,1,8-14,41H2,2-6H3,(H,50,51)(H,52,53)(H,54,55)(H3,42,43,48,49)/t20-,24-,26-/m0/s1. The van der Waals surface area contributed by atoms with Crippen molar-refractivity contribution in [2.45, 2.75) is 79.2 Å². The highest BCUT2D eigenvalue weighted by atomic mass is 16.4. The van der Waals surface area contributed by atoms with Crippen molar-refractivity contribution < 1.29 is 34.5 Å². The molecule has 2 aliphatic rings. The number of aromatic amines is 3. The number of hydrogen-bond acceptors (Lipinski definition) is 7. The average Bonchev–Trinajstić information content (AvgIpc) is 3.80. The van der Waals surface area contributed by atoms with Crippen LogP contribution in [0.1, 0.15) is 107 Å². The van der Waals surface area contributed by atoms with Crippen LogP contribution in [0.15, 0.2) is 23.0 Å². The summed E-state index contributed by atoms with van der Waals surface area (Å²) in [6, 6.07) is -1.05. The number of fused-ring (bicyclic) bond motifs is 8. The van der Waals surface area contributed by atoms with E-state index < -0.39 is 35.8 Å². The van der Waals surface area contributed by atoms with Crippen LogP contribution < -0.4 is 32.8 Å². The fourth-order valence-electron chi connectivity index (χ4n) is 7.58. The Kier molecular flexibility index (Phi) is 12.0. The first-order chi connectivity index (χ1) is 26.1. The number of nitrogens with two attached hydrogens (primary N) is 2. The van der Waals surface area contributed by atoms with E-state index in [1.165, 1.54) is 0 Å². The predicted molar refractivity (Wildman–Crippen MR) is 211 cm³/mol. The highest BCUT2D eigenvalue weighted by Gasteiger charge is 2.37. The third-order valence-electron chi connectivity index (χ3n) is 10.7. The summed E-state index contributed by atoms with van der Waals surface area (Å²) in [6.45, 7) is 14.0. The molecule has 12 N–H and O–H groups in total. The quantitative estimate of drug-likeness (QED) is 0.0693. The van der Waals surface area contributed by atoms with Crippen LogP contribution >= 0.6 is 0 Å².